The van der Waals surface area contributed by atoms with Gasteiger partial charge in [0.05, 0.1) is 6.61 Å². The zero-order chi connectivity index (χ0) is 8.91. The van der Waals surface area contributed by atoms with Crippen LogP contribution >= 0.6 is 0 Å². The lowest BCUT2D eigenvalue weighted by atomic mass is 10.00. The van der Waals surface area contributed by atoms with Crippen molar-refractivity contribution in [3.05, 3.63) is 0 Å². The molecule has 2 atom stereocenters. The predicted octanol–water partition coefficient (Wildman–Crippen LogP) is -0.673. The Morgan fingerprint density at radius 3 is 2.45 bits per heavy atom. The van der Waals surface area contributed by atoms with Gasteiger partial charge in [0.15, 0.2) is 5.60 Å². The van der Waals surface area contributed by atoms with Crippen LogP contribution in [-0.2, 0) is 4.74 Å². The fraction of sp³-hybridized carbons (Fsp3) is 0.714. The van der Waals surface area contributed by atoms with E-state index in [1.165, 1.54) is 7.11 Å². The summed E-state index contributed by atoms with van der Waals surface area (Å²) in [5.74, 6) is 2.00. The first-order valence-corrected chi connectivity index (χ1v) is 3.04. The third-order valence-electron chi connectivity index (χ3n) is 1.53. The van der Waals surface area contributed by atoms with Gasteiger partial charge in [-0.1, -0.05) is 5.92 Å². The Morgan fingerprint density at radius 1 is 1.82 bits per heavy atom. The number of hydrogen-bond donors (Lipinski definition) is 2. The Bertz CT molecular complexity index is 148. The summed E-state index contributed by atoms with van der Waals surface area (Å²) in [6.07, 6.45) is 3.46. The monoisotopic (exact) mass is 162 g/mol. The Morgan fingerprint density at radius 2 is 2.36 bits per heavy atom. The molecule has 0 aromatic rings. The Labute approximate surface area is 64.8 Å². The van der Waals surface area contributed by atoms with Crippen LogP contribution in [0.1, 0.15) is 0 Å². The van der Waals surface area contributed by atoms with Crippen LogP contribution in [0.25, 0.3) is 0 Å². The molecule has 0 rings (SSSR count). The molecule has 0 aliphatic carbocycles. The van der Waals surface area contributed by atoms with E-state index in [4.69, 9.17) is 16.6 Å². The summed E-state index contributed by atoms with van der Waals surface area (Å²) in [6.45, 7) is -1.65. The van der Waals surface area contributed by atoms with Crippen LogP contribution in [0.4, 0.5) is 4.39 Å². The smallest absolute Gasteiger partial charge is 0.178 e. The van der Waals surface area contributed by atoms with Crippen molar-refractivity contribution in [2.45, 2.75) is 11.7 Å². The molecule has 0 amide bonds. The molecule has 3 nitrogen and oxygen atoms in total. The number of methoxy groups -OCH3 is 1. The van der Waals surface area contributed by atoms with Crippen molar-refractivity contribution in [3.63, 3.8) is 0 Å². The highest BCUT2D eigenvalue weighted by Gasteiger charge is 2.35. The van der Waals surface area contributed by atoms with Crippen molar-refractivity contribution in [1.29, 1.82) is 0 Å². The van der Waals surface area contributed by atoms with E-state index in [1.54, 1.807) is 0 Å². The van der Waals surface area contributed by atoms with E-state index < -0.39 is 25.0 Å². The fourth-order valence-corrected chi connectivity index (χ4v) is 0.631. The Kier molecular flexibility index (Phi) is 4.04. The molecule has 0 bridgehead atoms. The van der Waals surface area contributed by atoms with E-state index in [2.05, 4.69) is 4.74 Å². The van der Waals surface area contributed by atoms with Crippen molar-refractivity contribution in [2.75, 3.05) is 20.4 Å². The summed E-state index contributed by atoms with van der Waals surface area (Å²) in [5, 5.41) is 17.6. The van der Waals surface area contributed by atoms with Gasteiger partial charge in [0.1, 0.15) is 12.8 Å². The van der Waals surface area contributed by atoms with E-state index in [-0.39, 0.29) is 0 Å². The molecule has 0 aromatic carbocycles. The van der Waals surface area contributed by atoms with E-state index in [9.17, 15) is 4.39 Å². The predicted molar refractivity (Wildman–Crippen MR) is 37.6 cm³/mol. The number of hydrogen-bond acceptors (Lipinski definition) is 3. The largest absolute Gasteiger partial charge is 0.392 e. The minimum absolute atomic E-state index is 0.606. The molecule has 11 heavy (non-hydrogen) atoms. The maximum atomic E-state index is 11.9. The van der Waals surface area contributed by atoms with Gasteiger partial charge in [0.2, 0.25) is 0 Å². The zero-order valence-corrected chi connectivity index (χ0v) is 6.25. The molecule has 0 fully saturated rings. The van der Waals surface area contributed by atoms with Gasteiger partial charge in [-0.25, -0.2) is 4.39 Å². The van der Waals surface area contributed by atoms with Crippen LogP contribution in [0.5, 0.6) is 0 Å². The van der Waals surface area contributed by atoms with E-state index in [1.807, 2.05) is 5.92 Å². The van der Waals surface area contributed by atoms with E-state index >= 15 is 0 Å². The molecule has 0 heterocycles. The lowest BCUT2D eigenvalue weighted by Crippen LogP contribution is -2.47. The minimum Gasteiger partial charge on any atom is -0.392 e. The van der Waals surface area contributed by atoms with Crippen molar-refractivity contribution in [1.82, 2.24) is 0 Å². The van der Waals surface area contributed by atoms with Gasteiger partial charge in [-0.05, 0) is 0 Å². The molecule has 0 radical (unpaired) electrons. The highest BCUT2D eigenvalue weighted by atomic mass is 19.1. The molecular formula is C7H11FO3. The summed E-state index contributed by atoms with van der Waals surface area (Å²) in [4.78, 5) is 0. The second-order valence-corrected chi connectivity index (χ2v) is 2.07. The maximum absolute atomic E-state index is 11.9. The molecule has 0 saturated carbocycles. The average Bonchev–Trinajstić information content (AvgIpc) is 2.08. The second kappa shape index (κ2) is 4.29. The second-order valence-electron chi connectivity index (χ2n) is 2.07. The molecule has 0 aliphatic rings. The van der Waals surface area contributed by atoms with Crippen LogP contribution in [0.15, 0.2) is 0 Å². The minimum atomic E-state index is -1.60. The number of ether oxygens (including phenoxy) is 1. The van der Waals surface area contributed by atoms with E-state index in [0.717, 1.165) is 0 Å². The maximum Gasteiger partial charge on any atom is 0.178 e. The Hall–Kier alpha value is -0.630. The lowest BCUT2D eigenvalue weighted by Gasteiger charge is -2.27. The fourth-order valence-electron chi connectivity index (χ4n) is 0.631. The molecule has 0 aliphatic heterocycles. The van der Waals surface area contributed by atoms with Crippen LogP contribution in [0.3, 0.4) is 0 Å². The SMILES string of the molecule is C#CC(CO)(OC)[C@@H](O)CF. The van der Waals surface area contributed by atoms with Crippen molar-refractivity contribution >= 4 is 0 Å². The number of alkyl halides is 1. The number of halogens is 1. The van der Waals surface area contributed by atoms with Crippen LogP contribution in [0, 0.1) is 12.3 Å². The van der Waals surface area contributed by atoms with Gasteiger partial charge in [0.25, 0.3) is 0 Å². The van der Waals surface area contributed by atoms with Gasteiger partial charge in [-0.2, -0.15) is 0 Å². The standard InChI is InChI=1S/C7H11FO3/c1-3-7(5-9,11-2)6(10)4-8/h1,6,9-10H,4-5H2,2H3/t6-,7?/m0/s1. The van der Waals surface area contributed by atoms with Crippen molar-refractivity contribution < 1.29 is 19.3 Å². The number of aliphatic hydroxyl groups is 2. The highest BCUT2D eigenvalue weighted by Crippen LogP contribution is 2.13. The molecule has 0 spiro atoms. The van der Waals surface area contributed by atoms with Gasteiger partial charge < -0.3 is 14.9 Å². The average molecular weight is 162 g/mol. The summed E-state index contributed by atoms with van der Waals surface area (Å²) in [7, 11) is 1.20. The normalized spacial score (nSPS) is 18.5. The van der Waals surface area contributed by atoms with Crippen LogP contribution in [0.2, 0.25) is 0 Å². The highest BCUT2D eigenvalue weighted by molar-refractivity contribution is 5.12. The molecule has 0 saturated heterocycles. The Balaban J connectivity index is 4.43. The third-order valence-corrected chi connectivity index (χ3v) is 1.53. The van der Waals surface area contributed by atoms with Gasteiger partial charge >= 0.3 is 0 Å². The lowest BCUT2D eigenvalue weighted by molar-refractivity contribution is -0.0962. The van der Waals surface area contributed by atoms with Gasteiger partial charge in [-0.3, -0.25) is 0 Å². The van der Waals surface area contributed by atoms with Crippen molar-refractivity contribution in [3.8, 4) is 12.3 Å². The summed E-state index contributed by atoms with van der Waals surface area (Å²) < 4.78 is 16.5. The number of rotatable bonds is 4. The molecule has 64 valence electrons. The topological polar surface area (TPSA) is 49.7 Å². The van der Waals surface area contributed by atoms with Crippen LogP contribution in [-0.4, -0.2) is 42.3 Å². The van der Waals surface area contributed by atoms with Gasteiger partial charge in [-0.15, -0.1) is 6.42 Å². The number of terminal acetylenes is 1. The zero-order valence-electron chi connectivity index (χ0n) is 6.25. The quantitative estimate of drug-likeness (QED) is 0.539. The number of aliphatic hydroxyl groups excluding tert-OH is 2. The molecule has 1 unspecified atom stereocenters. The first-order valence-electron chi connectivity index (χ1n) is 3.04. The molecule has 0 aromatic heterocycles. The van der Waals surface area contributed by atoms with Gasteiger partial charge in [0, 0.05) is 7.11 Å². The summed E-state index contributed by atoms with van der Waals surface area (Å²) >= 11 is 0. The molecule has 2 N–H and O–H groups in total. The molecule has 4 heteroatoms. The van der Waals surface area contributed by atoms with E-state index in [0.29, 0.717) is 0 Å². The summed E-state index contributed by atoms with van der Waals surface area (Å²) in [5.41, 5.74) is -1.60. The first-order chi connectivity index (χ1) is 5.16. The van der Waals surface area contributed by atoms with Crippen LogP contribution < -0.4 is 0 Å². The third kappa shape index (κ3) is 1.90. The summed E-state index contributed by atoms with van der Waals surface area (Å²) in [6, 6.07) is 0. The first kappa shape index (κ1) is 10.4. The van der Waals surface area contributed by atoms with Crippen molar-refractivity contribution in [2.24, 2.45) is 0 Å². The molecular weight excluding hydrogens is 151 g/mol.